The van der Waals surface area contributed by atoms with Crippen LogP contribution in [0.5, 0.6) is 0 Å². The highest BCUT2D eigenvalue weighted by Crippen LogP contribution is 2.33. The van der Waals surface area contributed by atoms with Gasteiger partial charge in [-0.15, -0.1) is 0 Å². The van der Waals surface area contributed by atoms with Crippen molar-refractivity contribution in [3.05, 3.63) is 76.8 Å². The highest BCUT2D eigenvalue weighted by molar-refractivity contribution is 6.31. The Labute approximate surface area is 174 Å². The van der Waals surface area contributed by atoms with Crippen LogP contribution < -0.4 is 11.1 Å². The number of pyridine rings is 1. The summed E-state index contributed by atoms with van der Waals surface area (Å²) < 4.78 is 14.3. The Morgan fingerprint density at radius 1 is 1.31 bits per heavy atom. The molecule has 2 heterocycles. The van der Waals surface area contributed by atoms with Gasteiger partial charge in [0.05, 0.1) is 0 Å². The van der Waals surface area contributed by atoms with Crippen molar-refractivity contribution in [2.75, 3.05) is 13.1 Å². The highest BCUT2D eigenvalue weighted by Gasteiger charge is 2.29. The van der Waals surface area contributed by atoms with Crippen molar-refractivity contribution in [2.45, 2.75) is 25.3 Å². The van der Waals surface area contributed by atoms with Crippen LogP contribution in [-0.4, -0.2) is 30.2 Å². The lowest BCUT2D eigenvalue weighted by atomic mass is 9.78. The molecule has 2 aromatic rings. The van der Waals surface area contributed by atoms with Gasteiger partial charge < -0.3 is 11.1 Å². The van der Waals surface area contributed by atoms with Crippen molar-refractivity contribution in [3.8, 4) is 0 Å². The van der Waals surface area contributed by atoms with Crippen molar-refractivity contribution in [2.24, 2.45) is 16.1 Å². The summed E-state index contributed by atoms with van der Waals surface area (Å²) in [4.78, 5) is 20.6. The molecule has 3 N–H and O–H groups in total. The number of hydrogen-bond acceptors (Lipinski definition) is 4. The van der Waals surface area contributed by atoms with E-state index in [0.29, 0.717) is 13.1 Å². The van der Waals surface area contributed by atoms with Crippen molar-refractivity contribution in [1.82, 2.24) is 10.3 Å². The van der Waals surface area contributed by atoms with Crippen molar-refractivity contribution >= 4 is 23.7 Å². The maximum atomic E-state index is 14.3. The van der Waals surface area contributed by atoms with E-state index < -0.39 is 17.8 Å². The molecule has 0 saturated carbocycles. The van der Waals surface area contributed by atoms with Crippen LogP contribution in [0.3, 0.4) is 0 Å². The summed E-state index contributed by atoms with van der Waals surface area (Å²) in [5.41, 5.74) is 6.62. The first-order valence-electron chi connectivity index (χ1n) is 9.54. The first kappa shape index (κ1) is 21.1. The van der Waals surface area contributed by atoms with Crippen molar-refractivity contribution < 1.29 is 9.18 Å². The minimum Gasteiger partial charge on any atom is -0.368 e. The number of allylic oxidation sites excluding steroid dienone is 1. The summed E-state index contributed by atoms with van der Waals surface area (Å²) in [6, 6.07) is 7.30. The molecule has 1 aromatic heterocycles. The van der Waals surface area contributed by atoms with Gasteiger partial charge in [0.1, 0.15) is 11.9 Å². The number of nitrogens with one attached hydrogen (secondary N) is 1. The number of primary amides is 1. The van der Waals surface area contributed by atoms with Crippen LogP contribution in [0.2, 0.25) is 5.02 Å². The molecule has 3 rings (SSSR count). The normalized spacial score (nSPS) is 19.2. The minimum absolute atomic E-state index is 0.0864. The number of amides is 1. The lowest BCUT2D eigenvalue weighted by Gasteiger charge is -2.31. The SMILES string of the molecule is NC(=O)C(NCCC1(CCc2cccnc2)C=CC=NC1)c1c(F)cccc1Cl. The predicted molar refractivity (Wildman–Crippen MR) is 113 cm³/mol. The number of halogens is 2. The van der Waals surface area contributed by atoms with Crippen LogP contribution in [0.15, 0.2) is 59.9 Å². The number of carbonyl (C=O) groups excluding carboxylic acids is 1. The molecular formula is C22H24ClFN4O. The quantitative estimate of drug-likeness (QED) is 0.657. The van der Waals surface area contributed by atoms with E-state index in [1.54, 1.807) is 18.5 Å². The van der Waals surface area contributed by atoms with Crippen molar-refractivity contribution in [3.63, 3.8) is 0 Å². The van der Waals surface area contributed by atoms with Crippen LogP contribution in [-0.2, 0) is 11.2 Å². The Balaban J connectivity index is 1.68. The predicted octanol–water partition coefficient (Wildman–Crippen LogP) is 3.64. The van der Waals surface area contributed by atoms with Gasteiger partial charge in [0.25, 0.3) is 0 Å². The van der Waals surface area contributed by atoms with Gasteiger partial charge in [0.15, 0.2) is 0 Å². The summed E-state index contributed by atoms with van der Waals surface area (Å²) in [5, 5.41) is 3.27. The van der Waals surface area contributed by atoms with Crippen LogP contribution in [0, 0.1) is 11.2 Å². The largest absolute Gasteiger partial charge is 0.368 e. The third-order valence-electron chi connectivity index (χ3n) is 5.23. The van der Waals surface area contributed by atoms with Gasteiger partial charge in [-0.1, -0.05) is 29.8 Å². The Morgan fingerprint density at radius 2 is 2.17 bits per heavy atom. The van der Waals surface area contributed by atoms with Crippen LogP contribution in [0.25, 0.3) is 0 Å². The highest BCUT2D eigenvalue weighted by atomic mass is 35.5. The summed E-state index contributed by atoms with van der Waals surface area (Å²) in [6.45, 7) is 1.12. The van der Waals surface area contributed by atoms with E-state index in [9.17, 15) is 9.18 Å². The van der Waals surface area contributed by atoms with E-state index in [1.807, 2.05) is 18.3 Å². The topological polar surface area (TPSA) is 80.4 Å². The Hall–Kier alpha value is -2.57. The van der Waals surface area contributed by atoms with Gasteiger partial charge in [0.2, 0.25) is 5.91 Å². The number of carbonyl (C=O) groups is 1. The molecule has 0 radical (unpaired) electrons. The molecule has 1 aliphatic heterocycles. The van der Waals surface area contributed by atoms with E-state index in [0.717, 1.165) is 24.8 Å². The second kappa shape index (κ2) is 9.76. The first-order valence-corrected chi connectivity index (χ1v) is 9.92. The maximum absolute atomic E-state index is 14.3. The molecule has 0 fully saturated rings. The number of nitrogens with zero attached hydrogens (tertiary/aromatic N) is 2. The number of dihydropyridines is 1. The Bertz CT molecular complexity index is 883. The van der Waals surface area contributed by atoms with E-state index in [1.165, 1.54) is 12.1 Å². The standard InChI is InChI=1S/C22H24ClFN4O/c23-17-5-1-6-18(24)19(17)20(21(25)29)28-13-10-22(8-3-12-27-15-22)9-7-16-4-2-11-26-14-16/h1-6,8,11-12,14,20,28H,7,9-10,13,15H2,(H2,25,29). The zero-order valence-electron chi connectivity index (χ0n) is 16.0. The zero-order chi connectivity index (χ0) is 20.7. The van der Waals surface area contributed by atoms with Gasteiger partial charge in [-0.3, -0.25) is 14.8 Å². The minimum atomic E-state index is -0.991. The van der Waals surface area contributed by atoms with Crippen LogP contribution in [0.4, 0.5) is 4.39 Å². The van der Waals surface area contributed by atoms with Gasteiger partial charge in [-0.25, -0.2) is 4.39 Å². The molecule has 29 heavy (non-hydrogen) atoms. The second-order valence-electron chi connectivity index (χ2n) is 7.25. The number of aliphatic imine (C=N–C) groups is 1. The van der Waals surface area contributed by atoms with E-state index in [-0.39, 0.29) is 16.0 Å². The fraction of sp³-hybridized carbons (Fsp3) is 0.318. The number of nitrogens with two attached hydrogens (primary N) is 1. The van der Waals surface area contributed by atoms with Crippen LogP contribution >= 0.6 is 11.6 Å². The van der Waals surface area contributed by atoms with E-state index in [4.69, 9.17) is 17.3 Å². The second-order valence-corrected chi connectivity index (χ2v) is 7.65. The molecule has 5 nitrogen and oxygen atoms in total. The first-order chi connectivity index (χ1) is 14.0. The summed E-state index contributed by atoms with van der Waals surface area (Å²) in [5.74, 6) is -1.22. The Morgan fingerprint density at radius 3 is 2.83 bits per heavy atom. The molecule has 0 saturated heterocycles. The number of aromatic nitrogens is 1. The number of rotatable bonds is 9. The number of benzene rings is 1. The van der Waals surface area contributed by atoms with Crippen molar-refractivity contribution in [1.29, 1.82) is 0 Å². The van der Waals surface area contributed by atoms with Gasteiger partial charge in [-0.2, -0.15) is 0 Å². The molecule has 0 spiro atoms. The summed E-state index contributed by atoms with van der Waals surface area (Å²) in [6.07, 6.45) is 12.0. The monoisotopic (exact) mass is 414 g/mol. The molecular weight excluding hydrogens is 391 g/mol. The molecule has 0 bridgehead atoms. The van der Waals surface area contributed by atoms with Crippen LogP contribution in [0.1, 0.15) is 30.0 Å². The smallest absolute Gasteiger partial charge is 0.239 e. The van der Waals surface area contributed by atoms with Gasteiger partial charge in [0, 0.05) is 41.2 Å². The number of hydrogen-bond donors (Lipinski definition) is 2. The summed E-state index contributed by atoms with van der Waals surface area (Å²) in [7, 11) is 0. The lowest BCUT2D eigenvalue weighted by molar-refractivity contribution is -0.120. The number of aryl methyl sites for hydroxylation is 1. The average molecular weight is 415 g/mol. The molecule has 7 heteroatoms. The van der Waals surface area contributed by atoms with Gasteiger partial charge in [-0.05, 0) is 55.6 Å². The molecule has 1 aliphatic rings. The summed E-state index contributed by atoms with van der Waals surface area (Å²) >= 11 is 6.12. The van der Waals surface area contributed by atoms with E-state index in [2.05, 4.69) is 27.4 Å². The molecule has 1 aromatic carbocycles. The molecule has 152 valence electrons. The van der Waals surface area contributed by atoms with E-state index >= 15 is 0 Å². The molecule has 0 aliphatic carbocycles. The average Bonchev–Trinajstić information content (AvgIpc) is 2.72. The maximum Gasteiger partial charge on any atom is 0.239 e. The van der Waals surface area contributed by atoms with Gasteiger partial charge >= 0.3 is 0 Å². The lowest BCUT2D eigenvalue weighted by Crippen LogP contribution is -2.37. The fourth-order valence-electron chi connectivity index (χ4n) is 3.58. The molecule has 2 atom stereocenters. The third-order valence-corrected chi connectivity index (χ3v) is 5.56. The zero-order valence-corrected chi connectivity index (χ0v) is 16.8. The Kier molecular flexibility index (Phi) is 7.12. The fourth-order valence-corrected chi connectivity index (χ4v) is 3.85. The molecule has 2 unspecified atom stereocenters. The molecule has 1 amide bonds. The third kappa shape index (κ3) is 5.49.